The number of rotatable bonds is 9. The van der Waals surface area contributed by atoms with Crippen LogP contribution in [0.15, 0.2) is 0 Å². The van der Waals surface area contributed by atoms with Crippen molar-refractivity contribution in [3.8, 4) is 0 Å². The van der Waals surface area contributed by atoms with E-state index in [1.807, 2.05) is 34.6 Å². The maximum Gasteiger partial charge on any atom is 0.412 e. The van der Waals surface area contributed by atoms with Crippen molar-refractivity contribution < 1.29 is 23.5 Å². The van der Waals surface area contributed by atoms with Crippen LogP contribution in [0.3, 0.4) is 0 Å². The van der Waals surface area contributed by atoms with E-state index in [1.165, 1.54) is 0 Å². The Labute approximate surface area is 166 Å². The standard InChI is InChI=1S/C20H39NO5Si/c1-9-27(10-2,11-3)26-17(13-12-14-22)16-15-24-20(7,8)21(16)18(23)25-19(4,5)6/h14,16-17H,9-13,15H2,1-8H3/t16?,17-/m0/s1. The van der Waals surface area contributed by atoms with Crippen LogP contribution >= 0.6 is 0 Å². The number of carbonyl (C=O) groups excluding carboxylic acids is 2. The summed E-state index contributed by atoms with van der Waals surface area (Å²) in [5.41, 5.74) is -1.36. The van der Waals surface area contributed by atoms with E-state index in [9.17, 15) is 9.59 Å². The van der Waals surface area contributed by atoms with Crippen LogP contribution in [0, 0.1) is 0 Å². The van der Waals surface area contributed by atoms with Gasteiger partial charge in [0.2, 0.25) is 0 Å². The van der Waals surface area contributed by atoms with E-state index in [2.05, 4.69) is 20.8 Å². The molecule has 0 spiro atoms. The fourth-order valence-corrected chi connectivity index (χ4v) is 6.57. The first kappa shape index (κ1) is 24.1. The van der Waals surface area contributed by atoms with E-state index < -0.39 is 25.7 Å². The molecule has 158 valence electrons. The Morgan fingerprint density at radius 1 is 1.26 bits per heavy atom. The summed E-state index contributed by atoms with van der Waals surface area (Å²) in [6.45, 7) is 16.2. The van der Waals surface area contributed by atoms with Crippen molar-refractivity contribution in [3.05, 3.63) is 0 Å². The SMILES string of the molecule is CC[Si](CC)(CC)O[C@@H](CCC=O)C1COC(C)(C)N1C(=O)OC(C)(C)C. The molecule has 1 unspecified atom stereocenters. The summed E-state index contributed by atoms with van der Waals surface area (Å²) in [5.74, 6) is 0. The first-order valence-electron chi connectivity index (χ1n) is 10.2. The zero-order chi connectivity index (χ0) is 20.9. The molecule has 0 saturated carbocycles. The average molecular weight is 402 g/mol. The molecular formula is C20H39NO5Si. The van der Waals surface area contributed by atoms with Crippen LogP contribution in [0.5, 0.6) is 0 Å². The van der Waals surface area contributed by atoms with Gasteiger partial charge in [-0.1, -0.05) is 20.8 Å². The lowest BCUT2D eigenvalue weighted by molar-refractivity contribution is -0.108. The number of ether oxygens (including phenoxy) is 2. The minimum Gasteiger partial charge on any atom is -0.444 e. The van der Waals surface area contributed by atoms with Crippen molar-refractivity contribution >= 4 is 20.7 Å². The molecule has 0 N–H and O–H groups in total. The van der Waals surface area contributed by atoms with Gasteiger partial charge >= 0.3 is 6.09 Å². The Balaban J connectivity index is 3.17. The predicted molar refractivity (Wildman–Crippen MR) is 109 cm³/mol. The minimum atomic E-state index is -1.91. The fourth-order valence-electron chi connectivity index (χ4n) is 3.66. The van der Waals surface area contributed by atoms with Gasteiger partial charge in [0.05, 0.1) is 18.8 Å². The number of aldehydes is 1. The third-order valence-electron chi connectivity index (χ3n) is 5.44. The molecular weight excluding hydrogens is 362 g/mol. The quantitative estimate of drug-likeness (QED) is 0.413. The Bertz CT molecular complexity index is 491. The fraction of sp³-hybridized carbons (Fsp3) is 0.900. The van der Waals surface area contributed by atoms with E-state index in [0.29, 0.717) is 19.4 Å². The summed E-state index contributed by atoms with van der Waals surface area (Å²) < 4.78 is 18.3. The average Bonchev–Trinajstić information content (AvgIpc) is 2.89. The second kappa shape index (κ2) is 9.52. The number of carbonyl (C=O) groups is 2. The molecule has 1 aliphatic rings. The van der Waals surface area contributed by atoms with Gasteiger partial charge in [-0.05, 0) is 59.2 Å². The second-order valence-corrected chi connectivity index (χ2v) is 13.5. The Morgan fingerprint density at radius 3 is 2.26 bits per heavy atom. The van der Waals surface area contributed by atoms with Crippen LogP contribution in [0.1, 0.15) is 68.2 Å². The summed E-state index contributed by atoms with van der Waals surface area (Å²) in [4.78, 5) is 25.7. The topological polar surface area (TPSA) is 65.1 Å². The monoisotopic (exact) mass is 401 g/mol. The van der Waals surface area contributed by atoms with Gasteiger partial charge < -0.3 is 18.7 Å². The van der Waals surface area contributed by atoms with E-state index in [0.717, 1.165) is 24.4 Å². The van der Waals surface area contributed by atoms with E-state index in [-0.39, 0.29) is 12.1 Å². The molecule has 6 nitrogen and oxygen atoms in total. The number of amides is 1. The molecule has 1 fully saturated rings. The normalized spacial score (nSPS) is 21.2. The highest BCUT2D eigenvalue weighted by molar-refractivity contribution is 6.73. The van der Waals surface area contributed by atoms with Gasteiger partial charge in [0.15, 0.2) is 8.32 Å². The minimum absolute atomic E-state index is 0.226. The predicted octanol–water partition coefficient (Wildman–Crippen LogP) is 4.73. The molecule has 2 atom stereocenters. The van der Waals surface area contributed by atoms with Gasteiger partial charge in [0.25, 0.3) is 0 Å². The zero-order valence-electron chi connectivity index (χ0n) is 18.5. The molecule has 0 bridgehead atoms. The van der Waals surface area contributed by atoms with Crippen molar-refractivity contribution in [2.75, 3.05) is 6.61 Å². The molecule has 1 aliphatic heterocycles. The molecule has 27 heavy (non-hydrogen) atoms. The van der Waals surface area contributed by atoms with Crippen molar-refractivity contribution in [1.29, 1.82) is 0 Å². The van der Waals surface area contributed by atoms with Crippen LogP contribution in [-0.2, 0) is 18.7 Å². The molecule has 1 rings (SSSR count). The summed E-state index contributed by atoms with van der Waals surface area (Å²) in [7, 11) is -1.91. The van der Waals surface area contributed by atoms with Gasteiger partial charge in [0, 0.05) is 6.42 Å². The smallest absolute Gasteiger partial charge is 0.412 e. The van der Waals surface area contributed by atoms with Crippen LogP contribution in [0.4, 0.5) is 4.79 Å². The molecule has 1 saturated heterocycles. The number of hydrogen-bond donors (Lipinski definition) is 0. The second-order valence-electron chi connectivity index (χ2n) is 8.82. The maximum atomic E-state index is 12.9. The third-order valence-corrected chi connectivity index (χ3v) is 10.1. The Kier molecular flexibility index (Phi) is 8.50. The Morgan fingerprint density at radius 2 is 1.81 bits per heavy atom. The first-order valence-corrected chi connectivity index (χ1v) is 12.8. The summed E-state index contributed by atoms with van der Waals surface area (Å²) in [6.07, 6.45) is 1.29. The van der Waals surface area contributed by atoms with Gasteiger partial charge in [0.1, 0.15) is 17.6 Å². The number of hydrogen-bond acceptors (Lipinski definition) is 5. The first-order chi connectivity index (χ1) is 12.4. The van der Waals surface area contributed by atoms with E-state index in [1.54, 1.807) is 4.90 Å². The van der Waals surface area contributed by atoms with Crippen molar-refractivity contribution in [2.24, 2.45) is 0 Å². The largest absolute Gasteiger partial charge is 0.444 e. The van der Waals surface area contributed by atoms with Crippen molar-refractivity contribution in [3.63, 3.8) is 0 Å². The van der Waals surface area contributed by atoms with E-state index >= 15 is 0 Å². The van der Waals surface area contributed by atoms with Gasteiger partial charge in [-0.15, -0.1) is 0 Å². The third kappa shape index (κ3) is 6.29. The molecule has 0 aromatic heterocycles. The lowest BCUT2D eigenvalue weighted by Crippen LogP contribution is -2.56. The van der Waals surface area contributed by atoms with Gasteiger partial charge in [-0.2, -0.15) is 0 Å². The summed E-state index contributed by atoms with van der Waals surface area (Å²) in [6, 6.07) is 2.79. The summed E-state index contributed by atoms with van der Waals surface area (Å²) in [5, 5.41) is 0. The van der Waals surface area contributed by atoms with Crippen molar-refractivity contribution in [1.82, 2.24) is 4.90 Å². The van der Waals surface area contributed by atoms with Crippen LogP contribution < -0.4 is 0 Å². The summed E-state index contributed by atoms with van der Waals surface area (Å²) >= 11 is 0. The maximum absolute atomic E-state index is 12.9. The van der Waals surface area contributed by atoms with Gasteiger partial charge in [-0.25, -0.2) is 4.79 Å². The van der Waals surface area contributed by atoms with Crippen LogP contribution in [0.2, 0.25) is 18.1 Å². The molecule has 1 amide bonds. The molecule has 0 aromatic rings. The molecule has 7 heteroatoms. The highest BCUT2D eigenvalue weighted by atomic mass is 28.4. The highest BCUT2D eigenvalue weighted by Crippen LogP contribution is 2.35. The van der Waals surface area contributed by atoms with Crippen LogP contribution in [0.25, 0.3) is 0 Å². The Hall–Kier alpha value is -0.923. The molecule has 1 heterocycles. The highest BCUT2D eigenvalue weighted by Gasteiger charge is 2.50. The van der Waals surface area contributed by atoms with Crippen molar-refractivity contribution in [2.45, 2.75) is 110 Å². The van der Waals surface area contributed by atoms with Crippen LogP contribution in [-0.4, -0.2) is 55.7 Å². The van der Waals surface area contributed by atoms with E-state index in [4.69, 9.17) is 13.9 Å². The molecule has 0 aliphatic carbocycles. The lowest BCUT2D eigenvalue weighted by atomic mass is 10.1. The molecule has 0 radical (unpaired) electrons. The molecule has 0 aromatic carbocycles. The zero-order valence-corrected chi connectivity index (χ0v) is 19.5. The number of nitrogens with zero attached hydrogens (tertiary/aromatic N) is 1. The lowest BCUT2D eigenvalue weighted by Gasteiger charge is -2.41. The van der Waals surface area contributed by atoms with Gasteiger partial charge in [-0.3, -0.25) is 4.90 Å².